The molecule has 2 atom stereocenters. The molecule has 0 spiro atoms. The van der Waals surface area contributed by atoms with Crippen LogP contribution in [0.25, 0.3) is 0 Å². The first-order valence-corrected chi connectivity index (χ1v) is 8.71. The molecule has 3 aliphatic rings. The van der Waals surface area contributed by atoms with Gasteiger partial charge in [-0.05, 0) is 32.0 Å². The van der Waals surface area contributed by atoms with E-state index in [2.05, 4.69) is 15.3 Å². The number of β-amino-alcohol motifs (C(OH)–C–C–N with tert-alkyl or cyclic N) is 1. The predicted octanol–water partition coefficient (Wildman–Crippen LogP) is -0.342. The number of hydrogen-bond donors (Lipinski definition) is 2. The van der Waals surface area contributed by atoms with Gasteiger partial charge in [-0.15, -0.1) is 0 Å². The normalized spacial score (nSPS) is 28.8. The summed E-state index contributed by atoms with van der Waals surface area (Å²) in [5.74, 6) is -0.0505. The number of aliphatic hydroxyl groups excluding tert-OH is 1. The Balaban J connectivity index is 1.45. The summed E-state index contributed by atoms with van der Waals surface area (Å²) in [7, 11) is 0. The minimum absolute atomic E-state index is 0.0505. The van der Waals surface area contributed by atoms with Gasteiger partial charge in [0.25, 0.3) is 5.91 Å². The first-order valence-electron chi connectivity index (χ1n) is 8.71. The average molecular weight is 319 g/mol. The maximum absolute atomic E-state index is 12.7. The number of rotatable bonds is 2. The second-order valence-corrected chi connectivity index (χ2v) is 6.86. The summed E-state index contributed by atoms with van der Waals surface area (Å²) in [4.78, 5) is 16.9. The van der Waals surface area contributed by atoms with Gasteiger partial charge in [0, 0.05) is 26.2 Å². The first kappa shape index (κ1) is 15.1. The molecule has 2 fully saturated rings. The largest absolute Gasteiger partial charge is 0.390 e. The topological polar surface area (TPSA) is 73.6 Å². The SMILES string of the molecule is O=C(c1cc2n(n1)CCNC2)N1C[C@@H](O)[C@H](N2CCCCC2)C1. The first-order chi connectivity index (χ1) is 11.2. The Labute approximate surface area is 136 Å². The molecule has 7 nitrogen and oxygen atoms in total. The highest BCUT2D eigenvalue weighted by Crippen LogP contribution is 2.22. The second-order valence-electron chi connectivity index (χ2n) is 6.86. The Morgan fingerprint density at radius 1 is 1.22 bits per heavy atom. The zero-order chi connectivity index (χ0) is 15.8. The summed E-state index contributed by atoms with van der Waals surface area (Å²) in [5.41, 5.74) is 1.57. The van der Waals surface area contributed by atoms with Crippen molar-refractivity contribution in [2.24, 2.45) is 0 Å². The van der Waals surface area contributed by atoms with Crippen molar-refractivity contribution >= 4 is 5.91 Å². The van der Waals surface area contributed by atoms with Crippen molar-refractivity contribution in [3.63, 3.8) is 0 Å². The number of likely N-dealkylation sites (tertiary alicyclic amines) is 2. The van der Waals surface area contributed by atoms with Crippen LogP contribution in [0.1, 0.15) is 35.4 Å². The lowest BCUT2D eigenvalue weighted by Gasteiger charge is -2.33. The van der Waals surface area contributed by atoms with Crippen LogP contribution in [0.4, 0.5) is 0 Å². The van der Waals surface area contributed by atoms with Gasteiger partial charge in [0.15, 0.2) is 5.69 Å². The maximum Gasteiger partial charge on any atom is 0.274 e. The third-order valence-corrected chi connectivity index (χ3v) is 5.29. The fourth-order valence-electron chi connectivity index (χ4n) is 4.00. The second kappa shape index (κ2) is 6.22. The number of nitrogens with one attached hydrogen (secondary N) is 1. The number of hydrogen-bond acceptors (Lipinski definition) is 5. The van der Waals surface area contributed by atoms with E-state index in [1.165, 1.54) is 19.3 Å². The van der Waals surface area contributed by atoms with Gasteiger partial charge < -0.3 is 15.3 Å². The summed E-state index contributed by atoms with van der Waals surface area (Å²) in [6, 6.07) is 1.97. The highest BCUT2D eigenvalue weighted by atomic mass is 16.3. The summed E-state index contributed by atoms with van der Waals surface area (Å²) < 4.78 is 1.92. The van der Waals surface area contributed by atoms with E-state index in [1.807, 2.05) is 10.7 Å². The average Bonchev–Trinajstić information content (AvgIpc) is 3.18. The third kappa shape index (κ3) is 2.88. The van der Waals surface area contributed by atoms with Gasteiger partial charge in [0.2, 0.25) is 0 Å². The molecule has 1 aromatic heterocycles. The number of carbonyl (C=O) groups is 1. The minimum Gasteiger partial charge on any atom is -0.390 e. The molecule has 0 bridgehead atoms. The number of fused-ring (bicyclic) bond motifs is 1. The van der Waals surface area contributed by atoms with Crippen LogP contribution in [0.5, 0.6) is 0 Å². The molecule has 0 aliphatic carbocycles. The monoisotopic (exact) mass is 319 g/mol. The number of piperidine rings is 1. The Hall–Kier alpha value is -1.44. The summed E-state index contributed by atoms with van der Waals surface area (Å²) in [6.07, 6.45) is 3.21. The Kier molecular flexibility index (Phi) is 4.09. The van der Waals surface area contributed by atoms with Crippen LogP contribution in [-0.4, -0.2) is 75.5 Å². The lowest BCUT2D eigenvalue weighted by atomic mass is 10.1. The molecule has 0 unspecified atom stereocenters. The van der Waals surface area contributed by atoms with Crippen molar-refractivity contribution in [3.05, 3.63) is 17.5 Å². The van der Waals surface area contributed by atoms with E-state index in [4.69, 9.17) is 0 Å². The number of nitrogens with zero attached hydrogens (tertiary/aromatic N) is 4. The minimum atomic E-state index is -0.448. The predicted molar refractivity (Wildman–Crippen MR) is 85.1 cm³/mol. The molecule has 0 saturated carbocycles. The van der Waals surface area contributed by atoms with Crippen molar-refractivity contribution in [1.29, 1.82) is 0 Å². The van der Waals surface area contributed by atoms with Crippen molar-refractivity contribution in [1.82, 2.24) is 24.9 Å². The molecular formula is C16H25N5O2. The molecular weight excluding hydrogens is 294 g/mol. The van der Waals surface area contributed by atoms with E-state index >= 15 is 0 Å². The Morgan fingerprint density at radius 2 is 2.04 bits per heavy atom. The molecule has 1 aromatic rings. The highest BCUT2D eigenvalue weighted by molar-refractivity contribution is 5.92. The number of carbonyl (C=O) groups excluding carboxylic acids is 1. The van der Waals surface area contributed by atoms with Gasteiger partial charge in [0.05, 0.1) is 24.4 Å². The van der Waals surface area contributed by atoms with Gasteiger partial charge in [-0.1, -0.05) is 6.42 Å². The molecule has 23 heavy (non-hydrogen) atoms. The number of aromatic nitrogens is 2. The Bertz CT molecular complexity index is 558. The molecule has 1 amide bonds. The van der Waals surface area contributed by atoms with E-state index in [-0.39, 0.29) is 11.9 Å². The van der Waals surface area contributed by atoms with Gasteiger partial charge >= 0.3 is 0 Å². The molecule has 0 aromatic carbocycles. The van der Waals surface area contributed by atoms with E-state index < -0.39 is 6.10 Å². The molecule has 4 rings (SSSR count). The van der Waals surface area contributed by atoms with Crippen molar-refractivity contribution < 1.29 is 9.90 Å². The van der Waals surface area contributed by atoms with Gasteiger partial charge in [-0.2, -0.15) is 5.10 Å². The highest BCUT2D eigenvalue weighted by Gasteiger charge is 2.38. The van der Waals surface area contributed by atoms with Crippen LogP contribution in [0.2, 0.25) is 0 Å². The van der Waals surface area contributed by atoms with Crippen molar-refractivity contribution in [2.45, 2.75) is 44.5 Å². The van der Waals surface area contributed by atoms with E-state index in [0.717, 1.165) is 38.4 Å². The molecule has 4 heterocycles. The zero-order valence-electron chi connectivity index (χ0n) is 13.4. The van der Waals surface area contributed by atoms with Crippen LogP contribution < -0.4 is 5.32 Å². The van der Waals surface area contributed by atoms with Crippen LogP contribution in [0.15, 0.2) is 6.07 Å². The lowest BCUT2D eigenvalue weighted by Crippen LogP contribution is -2.46. The van der Waals surface area contributed by atoms with Gasteiger partial charge in [-0.25, -0.2) is 0 Å². The molecule has 2 saturated heterocycles. The molecule has 126 valence electrons. The van der Waals surface area contributed by atoms with E-state index in [0.29, 0.717) is 18.8 Å². The van der Waals surface area contributed by atoms with E-state index in [1.54, 1.807) is 4.90 Å². The van der Waals surface area contributed by atoms with Crippen LogP contribution in [-0.2, 0) is 13.1 Å². The fourth-order valence-corrected chi connectivity index (χ4v) is 4.00. The van der Waals surface area contributed by atoms with Crippen LogP contribution in [0.3, 0.4) is 0 Å². The maximum atomic E-state index is 12.7. The third-order valence-electron chi connectivity index (χ3n) is 5.29. The summed E-state index contributed by atoms with van der Waals surface area (Å²) >= 11 is 0. The van der Waals surface area contributed by atoms with Crippen molar-refractivity contribution in [3.8, 4) is 0 Å². The smallest absolute Gasteiger partial charge is 0.274 e. The van der Waals surface area contributed by atoms with Crippen LogP contribution in [0, 0.1) is 0 Å². The van der Waals surface area contributed by atoms with Gasteiger partial charge in [-0.3, -0.25) is 14.4 Å². The van der Waals surface area contributed by atoms with E-state index in [9.17, 15) is 9.90 Å². The van der Waals surface area contributed by atoms with Gasteiger partial charge in [0.1, 0.15) is 0 Å². The molecule has 2 N–H and O–H groups in total. The van der Waals surface area contributed by atoms with Crippen molar-refractivity contribution in [2.75, 3.05) is 32.7 Å². The molecule has 0 radical (unpaired) electrons. The lowest BCUT2D eigenvalue weighted by molar-refractivity contribution is 0.0702. The zero-order valence-corrected chi connectivity index (χ0v) is 13.4. The number of aliphatic hydroxyl groups is 1. The Morgan fingerprint density at radius 3 is 2.83 bits per heavy atom. The number of amides is 1. The summed E-state index contributed by atoms with van der Waals surface area (Å²) in [5, 5.41) is 18.1. The standard InChI is InChI=1S/C16H25N5O2/c22-15-11-20(10-14(15)19-5-2-1-3-6-19)16(23)13-8-12-9-17-4-7-21(12)18-13/h8,14-15,17,22H,1-7,9-11H2/t14-,15-/m1/s1. The quantitative estimate of drug-likeness (QED) is 0.780. The molecule has 7 heteroatoms. The van der Waals surface area contributed by atoms with Crippen LogP contribution >= 0.6 is 0 Å². The summed E-state index contributed by atoms with van der Waals surface area (Å²) in [6.45, 7) is 5.56. The fraction of sp³-hybridized carbons (Fsp3) is 0.750. The molecule has 3 aliphatic heterocycles.